The first-order valence-electron chi connectivity index (χ1n) is 10.6. The molecule has 0 amide bonds. The van der Waals surface area contributed by atoms with Gasteiger partial charge in [0.1, 0.15) is 5.76 Å². The summed E-state index contributed by atoms with van der Waals surface area (Å²) in [5.41, 5.74) is 2.66. The number of rotatable bonds is 6. The van der Waals surface area contributed by atoms with E-state index in [0.29, 0.717) is 12.4 Å². The van der Waals surface area contributed by atoms with Crippen LogP contribution in [0.1, 0.15) is 62.8 Å². The highest BCUT2D eigenvalue weighted by atomic mass is 16.4. The summed E-state index contributed by atoms with van der Waals surface area (Å²) in [7, 11) is 1.78. The third kappa shape index (κ3) is 6.32. The van der Waals surface area contributed by atoms with Gasteiger partial charge in [0.05, 0.1) is 12.7 Å². The first-order valence-corrected chi connectivity index (χ1v) is 10.6. The van der Waals surface area contributed by atoms with Gasteiger partial charge in [-0.3, -0.25) is 9.89 Å². The Kier molecular flexibility index (Phi) is 7.31. The molecule has 1 aromatic carbocycles. The molecular formula is C23H35N5O. The lowest BCUT2D eigenvalue weighted by molar-refractivity contribution is 0.220. The zero-order valence-corrected chi connectivity index (χ0v) is 18.3. The van der Waals surface area contributed by atoms with Crippen LogP contribution in [0.25, 0.3) is 0 Å². The smallest absolute Gasteiger partial charge is 0.213 e. The molecule has 1 saturated heterocycles. The molecule has 1 fully saturated rings. The van der Waals surface area contributed by atoms with Crippen molar-refractivity contribution in [3.63, 3.8) is 0 Å². The molecule has 0 saturated carbocycles. The van der Waals surface area contributed by atoms with E-state index in [4.69, 9.17) is 4.42 Å². The quantitative estimate of drug-likeness (QED) is 0.573. The number of likely N-dealkylation sites (tertiary alicyclic amines) is 1. The molecule has 158 valence electrons. The summed E-state index contributed by atoms with van der Waals surface area (Å²) in [4.78, 5) is 11.3. The SMILES string of the molecule is CN=C(NCc1ncc(C(C)(C)C)o1)NCc1ccccc1CN1CCCCC1. The van der Waals surface area contributed by atoms with E-state index in [1.807, 2.05) is 6.20 Å². The van der Waals surface area contributed by atoms with E-state index >= 15 is 0 Å². The van der Waals surface area contributed by atoms with Gasteiger partial charge in [0.2, 0.25) is 5.89 Å². The molecule has 0 unspecified atom stereocenters. The van der Waals surface area contributed by atoms with Gasteiger partial charge in [0, 0.05) is 25.6 Å². The lowest BCUT2D eigenvalue weighted by Gasteiger charge is -2.27. The van der Waals surface area contributed by atoms with Gasteiger partial charge >= 0.3 is 0 Å². The van der Waals surface area contributed by atoms with Crippen molar-refractivity contribution in [1.29, 1.82) is 0 Å². The van der Waals surface area contributed by atoms with Crippen LogP contribution >= 0.6 is 0 Å². The van der Waals surface area contributed by atoms with Crippen molar-refractivity contribution in [3.05, 3.63) is 53.2 Å². The Bertz CT molecular complexity index is 800. The maximum Gasteiger partial charge on any atom is 0.213 e. The molecule has 0 atom stereocenters. The van der Waals surface area contributed by atoms with Crippen LogP contribution < -0.4 is 10.6 Å². The zero-order valence-electron chi connectivity index (χ0n) is 18.3. The molecular weight excluding hydrogens is 362 g/mol. The van der Waals surface area contributed by atoms with E-state index in [-0.39, 0.29) is 5.41 Å². The highest BCUT2D eigenvalue weighted by Crippen LogP contribution is 2.22. The number of nitrogens with zero attached hydrogens (tertiary/aromatic N) is 3. The second-order valence-corrected chi connectivity index (χ2v) is 8.75. The predicted octanol–water partition coefficient (Wildman–Crippen LogP) is 3.82. The van der Waals surface area contributed by atoms with Gasteiger partial charge in [-0.05, 0) is 37.1 Å². The van der Waals surface area contributed by atoms with E-state index in [2.05, 4.69) is 70.5 Å². The monoisotopic (exact) mass is 397 g/mol. The lowest BCUT2D eigenvalue weighted by Crippen LogP contribution is -2.37. The molecule has 1 aliphatic rings. The van der Waals surface area contributed by atoms with Gasteiger partial charge in [-0.1, -0.05) is 51.5 Å². The molecule has 0 aliphatic carbocycles. The minimum Gasteiger partial charge on any atom is -0.443 e. The number of hydrogen-bond acceptors (Lipinski definition) is 4. The maximum atomic E-state index is 5.85. The molecule has 29 heavy (non-hydrogen) atoms. The van der Waals surface area contributed by atoms with Gasteiger partial charge in [0.25, 0.3) is 0 Å². The topological polar surface area (TPSA) is 65.7 Å². The maximum absolute atomic E-state index is 5.85. The Morgan fingerprint density at radius 2 is 1.76 bits per heavy atom. The van der Waals surface area contributed by atoms with E-state index < -0.39 is 0 Å². The Labute approximate surface area is 174 Å². The number of nitrogens with one attached hydrogen (secondary N) is 2. The summed E-state index contributed by atoms with van der Waals surface area (Å²) < 4.78 is 5.85. The number of guanidine groups is 1. The zero-order chi connectivity index (χ0) is 20.7. The average Bonchev–Trinajstić information content (AvgIpc) is 3.20. The first kappa shape index (κ1) is 21.4. The number of oxazole rings is 1. The molecule has 6 nitrogen and oxygen atoms in total. The Balaban J connectivity index is 1.53. The summed E-state index contributed by atoms with van der Waals surface area (Å²) in [5.74, 6) is 2.31. The number of piperidine rings is 1. The molecule has 2 heterocycles. The van der Waals surface area contributed by atoms with Crippen LogP contribution in [0.5, 0.6) is 0 Å². The highest BCUT2D eigenvalue weighted by Gasteiger charge is 2.19. The minimum atomic E-state index is -0.0384. The summed E-state index contributed by atoms with van der Waals surface area (Å²) in [5, 5.41) is 6.72. The number of hydrogen-bond donors (Lipinski definition) is 2. The summed E-state index contributed by atoms with van der Waals surface area (Å²) in [6.07, 6.45) is 5.80. The highest BCUT2D eigenvalue weighted by molar-refractivity contribution is 5.79. The van der Waals surface area contributed by atoms with Crippen LogP contribution in [-0.4, -0.2) is 36.0 Å². The van der Waals surface area contributed by atoms with Crippen LogP contribution in [-0.2, 0) is 25.0 Å². The third-order valence-electron chi connectivity index (χ3n) is 5.33. The first-order chi connectivity index (χ1) is 14.0. The summed E-state index contributed by atoms with van der Waals surface area (Å²) in [6.45, 7) is 11.0. The predicted molar refractivity (Wildman–Crippen MR) is 118 cm³/mol. The van der Waals surface area contributed by atoms with Gasteiger partial charge < -0.3 is 15.1 Å². The van der Waals surface area contributed by atoms with Crippen LogP contribution in [0, 0.1) is 0 Å². The van der Waals surface area contributed by atoms with E-state index in [1.54, 1.807) is 7.05 Å². The van der Waals surface area contributed by atoms with Crippen molar-refractivity contribution in [3.8, 4) is 0 Å². The van der Waals surface area contributed by atoms with Crippen molar-refractivity contribution in [1.82, 2.24) is 20.5 Å². The average molecular weight is 398 g/mol. The standard InChI is InChI=1S/C23H35N5O/c1-23(2,3)20-15-25-21(29-20)16-27-22(24-4)26-14-18-10-6-7-11-19(18)17-28-12-8-5-9-13-28/h6-7,10-11,15H,5,8-9,12-14,16-17H2,1-4H3,(H2,24,26,27). The van der Waals surface area contributed by atoms with Crippen LogP contribution in [0.4, 0.5) is 0 Å². The van der Waals surface area contributed by atoms with Gasteiger partial charge in [0.15, 0.2) is 5.96 Å². The van der Waals surface area contributed by atoms with Crippen molar-refractivity contribution in [2.45, 2.75) is 65.1 Å². The molecule has 1 aromatic heterocycles. The molecule has 0 bridgehead atoms. The molecule has 2 aromatic rings. The van der Waals surface area contributed by atoms with Crippen LogP contribution in [0.2, 0.25) is 0 Å². The lowest BCUT2D eigenvalue weighted by atomic mass is 9.94. The molecule has 3 rings (SSSR count). The van der Waals surface area contributed by atoms with Crippen molar-refractivity contribution in [2.75, 3.05) is 20.1 Å². The second-order valence-electron chi connectivity index (χ2n) is 8.75. The Hall–Kier alpha value is -2.34. The Morgan fingerprint density at radius 1 is 1.07 bits per heavy atom. The third-order valence-corrected chi connectivity index (χ3v) is 5.33. The fourth-order valence-corrected chi connectivity index (χ4v) is 3.54. The molecule has 2 N–H and O–H groups in total. The van der Waals surface area contributed by atoms with E-state index in [9.17, 15) is 0 Å². The summed E-state index contributed by atoms with van der Waals surface area (Å²) >= 11 is 0. The van der Waals surface area contributed by atoms with Gasteiger partial charge in [-0.15, -0.1) is 0 Å². The second kappa shape index (κ2) is 9.92. The normalized spacial score (nSPS) is 16.1. The van der Waals surface area contributed by atoms with Gasteiger partial charge in [-0.25, -0.2) is 4.98 Å². The van der Waals surface area contributed by atoms with Crippen LogP contribution in [0.3, 0.4) is 0 Å². The number of benzene rings is 1. The molecule has 6 heteroatoms. The molecule has 0 radical (unpaired) electrons. The van der Waals surface area contributed by atoms with Crippen molar-refractivity contribution < 1.29 is 4.42 Å². The Morgan fingerprint density at radius 3 is 2.41 bits per heavy atom. The van der Waals surface area contributed by atoms with Gasteiger partial charge in [-0.2, -0.15) is 0 Å². The number of aliphatic imine (C=N–C) groups is 1. The van der Waals surface area contributed by atoms with Crippen molar-refractivity contribution >= 4 is 5.96 Å². The minimum absolute atomic E-state index is 0.0384. The summed E-state index contributed by atoms with van der Waals surface area (Å²) in [6, 6.07) is 8.67. The van der Waals surface area contributed by atoms with E-state index in [0.717, 1.165) is 24.8 Å². The largest absolute Gasteiger partial charge is 0.443 e. The fourth-order valence-electron chi connectivity index (χ4n) is 3.54. The van der Waals surface area contributed by atoms with Crippen molar-refractivity contribution in [2.24, 2.45) is 4.99 Å². The van der Waals surface area contributed by atoms with Crippen LogP contribution in [0.15, 0.2) is 39.9 Å². The van der Waals surface area contributed by atoms with E-state index in [1.165, 1.54) is 43.5 Å². The molecule has 1 aliphatic heterocycles. The fraction of sp³-hybridized carbons (Fsp3) is 0.565. The molecule has 0 spiro atoms. The number of aromatic nitrogens is 1.